The van der Waals surface area contributed by atoms with E-state index in [1.807, 2.05) is 13.8 Å². The Hall–Kier alpha value is -2.02. The number of ether oxygens (including phenoxy) is 1. The van der Waals surface area contributed by atoms with E-state index in [0.29, 0.717) is 17.3 Å². The van der Waals surface area contributed by atoms with Crippen LogP contribution in [0, 0.1) is 5.82 Å². The minimum Gasteiger partial charge on any atom is -0.494 e. The first-order chi connectivity index (χ1) is 9.17. The molecule has 2 aromatic rings. The van der Waals surface area contributed by atoms with Gasteiger partial charge in [0.2, 0.25) is 0 Å². The van der Waals surface area contributed by atoms with E-state index in [2.05, 4.69) is 20.8 Å². The fraction of sp³-hybridized carbons (Fsp3) is 0.417. The van der Waals surface area contributed by atoms with E-state index in [1.54, 1.807) is 10.7 Å². The number of halogens is 1. The van der Waals surface area contributed by atoms with Gasteiger partial charge in [-0.3, -0.25) is 0 Å². The van der Waals surface area contributed by atoms with Crippen LogP contribution in [0.15, 0.2) is 18.2 Å². The second kappa shape index (κ2) is 5.75. The second-order valence-corrected chi connectivity index (χ2v) is 4.04. The van der Waals surface area contributed by atoms with Crippen LogP contribution in [0.1, 0.15) is 25.7 Å². The molecule has 6 nitrogen and oxygen atoms in total. The van der Waals surface area contributed by atoms with Crippen molar-refractivity contribution in [2.45, 2.75) is 19.9 Å². The molecule has 1 aromatic carbocycles. The van der Waals surface area contributed by atoms with Gasteiger partial charge < -0.3 is 10.1 Å². The molecular formula is C12H16FN5O. The summed E-state index contributed by atoms with van der Waals surface area (Å²) in [6.07, 6.45) is 0. The molecule has 0 amide bonds. The van der Waals surface area contributed by atoms with Crippen molar-refractivity contribution in [3.8, 4) is 11.4 Å². The summed E-state index contributed by atoms with van der Waals surface area (Å²) in [6, 6.07) is 4.22. The minimum atomic E-state index is -0.366. The highest BCUT2D eigenvalue weighted by Crippen LogP contribution is 2.25. The first-order valence-electron chi connectivity index (χ1n) is 6.03. The zero-order valence-corrected chi connectivity index (χ0v) is 11.1. The third kappa shape index (κ3) is 2.70. The third-order valence-electron chi connectivity index (χ3n) is 2.76. The van der Waals surface area contributed by atoms with E-state index < -0.39 is 0 Å². The maximum Gasteiger partial charge on any atom is 0.173 e. The lowest BCUT2D eigenvalue weighted by Gasteiger charge is -2.14. The molecule has 2 rings (SSSR count). The van der Waals surface area contributed by atoms with Gasteiger partial charge in [-0.25, -0.2) is 4.39 Å². The van der Waals surface area contributed by atoms with Crippen LogP contribution < -0.4 is 10.1 Å². The van der Waals surface area contributed by atoms with Crippen molar-refractivity contribution in [3.05, 3.63) is 29.8 Å². The number of tetrazole rings is 1. The first kappa shape index (κ1) is 13.4. The lowest BCUT2D eigenvalue weighted by Crippen LogP contribution is -2.21. The Balaban J connectivity index is 2.45. The molecule has 0 fully saturated rings. The number of benzene rings is 1. The van der Waals surface area contributed by atoms with Crippen molar-refractivity contribution in [3.63, 3.8) is 0 Å². The number of rotatable bonds is 5. The number of hydrogen-bond acceptors (Lipinski definition) is 5. The Morgan fingerprint density at radius 2 is 2.26 bits per heavy atom. The Labute approximate surface area is 110 Å². The normalized spacial score (nSPS) is 12.4. The summed E-state index contributed by atoms with van der Waals surface area (Å²) in [5.41, 5.74) is 0.605. The van der Waals surface area contributed by atoms with Crippen LogP contribution in [0.2, 0.25) is 0 Å². The molecule has 0 spiro atoms. The summed E-state index contributed by atoms with van der Waals surface area (Å²) in [4.78, 5) is 0. The van der Waals surface area contributed by atoms with Crippen LogP contribution in [0.3, 0.4) is 0 Å². The van der Waals surface area contributed by atoms with Crippen LogP contribution in [-0.2, 0) is 0 Å². The van der Waals surface area contributed by atoms with Crippen molar-refractivity contribution in [2.75, 3.05) is 13.7 Å². The van der Waals surface area contributed by atoms with Gasteiger partial charge in [-0.2, -0.15) is 4.68 Å². The average molecular weight is 265 g/mol. The Morgan fingerprint density at radius 3 is 2.95 bits per heavy atom. The molecule has 1 N–H and O–H groups in total. The van der Waals surface area contributed by atoms with Crippen molar-refractivity contribution < 1.29 is 9.13 Å². The summed E-state index contributed by atoms with van der Waals surface area (Å²) < 4.78 is 19.9. The van der Waals surface area contributed by atoms with Crippen molar-refractivity contribution in [1.82, 2.24) is 25.5 Å². The molecule has 19 heavy (non-hydrogen) atoms. The minimum absolute atomic E-state index is 0.0187. The van der Waals surface area contributed by atoms with Crippen LogP contribution in [0.5, 0.6) is 5.75 Å². The molecule has 1 aromatic heterocycles. The van der Waals surface area contributed by atoms with Gasteiger partial charge in [-0.15, -0.1) is 5.10 Å². The molecule has 1 heterocycles. The Bertz CT molecular complexity index is 557. The highest BCUT2D eigenvalue weighted by Gasteiger charge is 2.17. The standard InChI is InChI=1S/C12H16FN5O/c1-4-14-8(2)12-15-16-17-18(12)10-6-5-9(13)7-11(10)19-3/h5-8,14H,4H2,1-3H3. The van der Waals surface area contributed by atoms with Gasteiger partial charge in [0.25, 0.3) is 0 Å². The van der Waals surface area contributed by atoms with Crippen molar-refractivity contribution >= 4 is 0 Å². The smallest absolute Gasteiger partial charge is 0.173 e. The predicted molar refractivity (Wildman–Crippen MR) is 67.8 cm³/mol. The van der Waals surface area contributed by atoms with Crippen LogP contribution in [-0.4, -0.2) is 33.9 Å². The van der Waals surface area contributed by atoms with E-state index in [-0.39, 0.29) is 11.9 Å². The van der Waals surface area contributed by atoms with Gasteiger partial charge in [-0.05, 0) is 36.0 Å². The average Bonchev–Trinajstić information content (AvgIpc) is 2.88. The first-order valence-corrected chi connectivity index (χ1v) is 6.03. The quantitative estimate of drug-likeness (QED) is 0.887. The predicted octanol–water partition coefficient (Wildman–Crippen LogP) is 1.48. The molecule has 1 unspecified atom stereocenters. The van der Waals surface area contributed by atoms with Crippen LogP contribution in [0.25, 0.3) is 5.69 Å². The number of nitrogens with one attached hydrogen (secondary N) is 1. The lowest BCUT2D eigenvalue weighted by molar-refractivity contribution is 0.406. The summed E-state index contributed by atoms with van der Waals surface area (Å²) in [7, 11) is 1.48. The molecule has 102 valence electrons. The molecule has 0 aliphatic carbocycles. The second-order valence-electron chi connectivity index (χ2n) is 4.04. The number of methoxy groups -OCH3 is 1. The van der Waals surface area contributed by atoms with E-state index in [4.69, 9.17) is 4.74 Å². The van der Waals surface area contributed by atoms with E-state index in [0.717, 1.165) is 6.54 Å². The van der Waals surface area contributed by atoms with Crippen LogP contribution in [0.4, 0.5) is 4.39 Å². The van der Waals surface area contributed by atoms with Crippen LogP contribution >= 0.6 is 0 Å². The summed E-state index contributed by atoms with van der Waals surface area (Å²) in [5, 5.41) is 14.8. The molecular weight excluding hydrogens is 249 g/mol. The number of aromatic nitrogens is 4. The molecule has 0 aliphatic rings. The zero-order chi connectivity index (χ0) is 13.8. The fourth-order valence-electron chi connectivity index (χ4n) is 1.86. The fourth-order valence-corrected chi connectivity index (χ4v) is 1.86. The van der Waals surface area contributed by atoms with E-state index in [9.17, 15) is 4.39 Å². The molecule has 7 heteroatoms. The van der Waals surface area contributed by atoms with Gasteiger partial charge in [0.1, 0.15) is 17.3 Å². The number of nitrogens with zero attached hydrogens (tertiary/aromatic N) is 4. The molecule has 1 atom stereocenters. The molecule has 0 saturated heterocycles. The number of hydrogen-bond donors (Lipinski definition) is 1. The molecule has 0 radical (unpaired) electrons. The maximum atomic E-state index is 13.2. The summed E-state index contributed by atoms with van der Waals surface area (Å²) in [5.74, 6) is 0.666. The Morgan fingerprint density at radius 1 is 1.47 bits per heavy atom. The van der Waals surface area contributed by atoms with Gasteiger partial charge in [0, 0.05) is 6.07 Å². The third-order valence-corrected chi connectivity index (χ3v) is 2.76. The van der Waals surface area contributed by atoms with Crippen molar-refractivity contribution in [1.29, 1.82) is 0 Å². The van der Waals surface area contributed by atoms with E-state index >= 15 is 0 Å². The Kier molecular flexibility index (Phi) is 4.06. The molecule has 0 saturated carbocycles. The largest absolute Gasteiger partial charge is 0.494 e. The molecule has 0 bridgehead atoms. The van der Waals surface area contributed by atoms with Crippen molar-refractivity contribution in [2.24, 2.45) is 0 Å². The highest BCUT2D eigenvalue weighted by atomic mass is 19.1. The summed E-state index contributed by atoms with van der Waals surface area (Å²) in [6.45, 7) is 4.76. The maximum absolute atomic E-state index is 13.2. The zero-order valence-electron chi connectivity index (χ0n) is 11.1. The van der Waals surface area contributed by atoms with Gasteiger partial charge in [0.05, 0.1) is 13.2 Å². The molecule has 0 aliphatic heterocycles. The SMILES string of the molecule is CCNC(C)c1nnnn1-c1ccc(F)cc1OC. The van der Waals surface area contributed by atoms with E-state index in [1.165, 1.54) is 19.2 Å². The topological polar surface area (TPSA) is 64.9 Å². The summed E-state index contributed by atoms with van der Waals surface area (Å²) >= 11 is 0. The highest BCUT2D eigenvalue weighted by molar-refractivity contribution is 5.46. The lowest BCUT2D eigenvalue weighted by atomic mass is 10.2. The van der Waals surface area contributed by atoms with Gasteiger partial charge in [0.15, 0.2) is 5.82 Å². The van der Waals surface area contributed by atoms with Gasteiger partial charge in [-0.1, -0.05) is 6.92 Å². The monoisotopic (exact) mass is 265 g/mol. The van der Waals surface area contributed by atoms with Gasteiger partial charge >= 0.3 is 0 Å².